The first-order valence-corrected chi connectivity index (χ1v) is 12.2. The molecule has 4 rings (SSSR count). The molecular weight excluding hydrogens is 472 g/mol. The summed E-state index contributed by atoms with van der Waals surface area (Å²) in [5.74, 6) is 0.673. The van der Waals surface area contributed by atoms with E-state index >= 15 is 0 Å². The van der Waals surface area contributed by atoms with Gasteiger partial charge in [0.25, 0.3) is 5.56 Å². The van der Waals surface area contributed by atoms with Gasteiger partial charge in [0.1, 0.15) is 39.3 Å². The highest BCUT2D eigenvalue weighted by Crippen LogP contribution is 2.34. The Morgan fingerprint density at radius 2 is 1.77 bits per heavy atom. The van der Waals surface area contributed by atoms with Gasteiger partial charge >= 0.3 is 6.11 Å². The van der Waals surface area contributed by atoms with Gasteiger partial charge in [-0.25, -0.2) is 15.0 Å². The van der Waals surface area contributed by atoms with Crippen LogP contribution in [-0.4, -0.2) is 39.2 Å². The standard InChI is InChI=1S/C21H19F2N5O2S.2C2H6/c1-5-27(4)18-15-16-17(31-19(15)25-10-24-18)20(29)28(11-26-16)13-6-8-14(9-7-13)30-21(22,23)12(2)3;2*1-2/h6-11H,2,5H2,1,3-4H3;2*1-2H3. The Hall–Kier alpha value is -3.40. The number of thiophene rings is 1. The van der Waals surface area contributed by atoms with Gasteiger partial charge in [0, 0.05) is 19.2 Å². The SMILES string of the molecule is C=C(C)C(F)(F)Oc1ccc(-n2cnc3c(sc4ncnc(N(C)CC)c43)c2=O)cc1.CC.CC. The molecule has 0 unspecified atom stereocenters. The lowest BCUT2D eigenvalue weighted by Crippen LogP contribution is -2.25. The van der Waals surface area contributed by atoms with E-state index in [0.29, 0.717) is 26.6 Å². The number of fused-ring (bicyclic) bond motifs is 3. The van der Waals surface area contributed by atoms with Crippen LogP contribution in [0.4, 0.5) is 14.6 Å². The van der Waals surface area contributed by atoms with Crippen LogP contribution < -0.4 is 15.2 Å². The van der Waals surface area contributed by atoms with Gasteiger partial charge in [-0.15, -0.1) is 11.3 Å². The molecule has 0 bridgehead atoms. The third-order valence-corrected chi connectivity index (χ3v) is 5.93. The topological polar surface area (TPSA) is 73.1 Å². The predicted octanol–water partition coefficient (Wildman–Crippen LogP) is 6.45. The highest BCUT2D eigenvalue weighted by atomic mass is 32.1. The van der Waals surface area contributed by atoms with E-state index in [1.807, 2.05) is 46.6 Å². The van der Waals surface area contributed by atoms with Crippen molar-refractivity contribution in [2.24, 2.45) is 0 Å². The molecule has 0 aliphatic rings. The molecule has 10 heteroatoms. The van der Waals surface area contributed by atoms with E-state index in [9.17, 15) is 13.6 Å². The lowest BCUT2D eigenvalue weighted by atomic mass is 10.2. The zero-order valence-corrected chi connectivity index (χ0v) is 21.9. The van der Waals surface area contributed by atoms with E-state index in [-0.39, 0.29) is 11.3 Å². The van der Waals surface area contributed by atoms with Gasteiger partial charge in [-0.2, -0.15) is 8.78 Å². The summed E-state index contributed by atoms with van der Waals surface area (Å²) < 4.78 is 33.9. The first-order valence-electron chi connectivity index (χ1n) is 11.4. The molecule has 0 aliphatic carbocycles. The van der Waals surface area contributed by atoms with Crippen LogP contribution in [0.15, 0.2) is 53.9 Å². The molecule has 0 amide bonds. The third-order valence-electron chi connectivity index (χ3n) is 4.85. The Morgan fingerprint density at radius 3 is 2.34 bits per heavy atom. The van der Waals surface area contributed by atoms with Crippen molar-refractivity contribution in [1.82, 2.24) is 19.5 Å². The Labute approximate surface area is 207 Å². The molecule has 0 fully saturated rings. The molecular formula is C25H31F2N5O2S. The fourth-order valence-corrected chi connectivity index (χ4v) is 4.00. The number of hydrogen-bond donors (Lipinski definition) is 0. The van der Waals surface area contributed by atoms with Crippen LogP contribution >= 0.6 is 11.3 Å². The average molecular weight is 504 g/mol. The van der Waals surface area contributed by atoms with Crippen molar-refractivity contribution in [2.45, 2.75) is 47.7 Å². The fourth-order valence-electron chi connectivity index (χ4n) is 2.98. The second-order valence-corrected chi connectivity index (χ2v) is 7.98. The minimum Gasteiger partial charge on any atom is -0.429 e. The zero-order chi connectivity index (χ0) is 26.3. The van der Waals surface area contributed by atoms with Crippen molar-refractivity contribution in [1.29, 1.82) is 0 Å². The summed E-state index contributed by atoms with van der Waals surface area (Å²) in [4.78, 5) is 28.9. The Kier molecular flexibility index (Phi) is 9.41. The summed E-state index contributed by atoms with van der Waals surface area (Å²) in [6, 6.07) is 5.77. The van der Waals surface area contributed by atoms with Gasteiger partial charge in [-0.3, -0.25) is 9.36 Å². The number of benzene rings is 1. The number of hydrogen-bond acceptors (Lipinski definition) is 7. The van der Waals surface area contributed by atoms with Gasteiger partial charge in [-0.05, 0) is 38.1 Å². The molecule has 35 heavy (non-hydrogen) atoms. The molecule has 4 aromatic rings. The molecule has 0 saturated carbocycles. The van der Waals surface area contributed by atoms with Crippen molar-refractivity contribution in [3.63, 3.8) is 0 Å². The number of halogens is 2. The van der Waals surface area contributed by atoms with Crippen molar-refractivity contribution in [3.8, 4) is 11.4 Å². The molecule has 3 heterocycles. The Bertz CT molecular complexity index is 1350. The summed E-state index contributed by atoms with van der Waals surface area (Å²) in [6.07, 6.45) is -0.588. The maximum Gasteiger partial charge on any atom is 0.422 e. The number of alkyl halides is 2. The quantitative estimate of drug-likeness (QED) is 0.282. The van der Waals surface area contributed by atoms with Gasteiger partial charge in [0.2, 0.25) is 0 Å². The lowest BCUT2D eigenvalue weighted by molar-refractivity contribution is -0.141. The zero-order valence-electron chi connectivity index (χ0n) is 21.1. The minimum absolute atomic E-state index is 0.0387. The van der Waals surface area contributed by atoms with Crippen LogP contribution in [0.2, 0.25) is 0 Å². The monoisotopic (exact) mass is 503 g/mol. The lowest BCUT2D eigenvalue weighted by Gasteiger charge is -2.18. The molecule has 188 valence electrons. The van der Waals surface area contributed by atoms with E-state index in [2.05, 4.69) is 26.3 Å². The maximum absolute atomic E-state index is 13.7. The molecule has 0 aliphatic heterocycles. The summed E-state index contributed by atoms with van der Waals surface area (Å²) in [7, 11) is 1.91. The van der Waals surface area contributed by atoms with E-state index in [1.165, 1.54) is 59.7 Å². The van der Waals surface area contributed by atoms with Crippen molar-refractivity contribution in [2.75, 3.05) is 18.5 Å². The van der Waals surface area contributed by atoms with E-state index in [1.54, 1.807) is 0 Å². The van der Waals surface area contributed by atoms with Crippen molar-refractivity contribution >= 4 is 37.6 Å². The molecule has 0 saturated heterocycles. The van der Waals surface area contributed by atoms with Gasteiger partial charge in [0.15, 0.2) is 0 Å². The second-order valence-electron chi connectivity index (χ2n) is 6.98. The molecule has 0 spiro atoms. The summed E-state index contributed by atoms with van der Waals surface area (Å²) >= 11 is 1.25. The number of ether oxygens (including phenoxy) is 1. The number of rotatable bonds is 6. The summed E-state index contributed by atoms with van der Waals surface area (Å²) in [5.41, 5.74) is 0.334. The van der Waals surface area contributed by atoms with Crippen LogP contribution in [0, 0.1) is 0 Å². The number of nitrogens with zero attached hydrogens (tertiary/aromatic N) is 5. The average Bonchev–Trinajstić information content (AvgIpc) is 3.26. The molecule has 7 nitrogen and oxygen atoms in total. The highest BCUT2D eigenvalue weighted by molar-refractivity contribution is 7.25. The number of anilines is 1. The fraction of sp³-hybridized carbons (Fsp3) is 0.360. The van der Waals surface area contributed by atoms with Crippen LogP contribution in [0.1, 0.15) is 41.5 Å². The van der Waals surface area contributed by atoms with E-state index < -0.39 is 11.7 Å². The van der Waals surface area contributed by atoms with Crippen molar-refractivity contribution in [3.05, 3.63) is 59.4 Å². The Morgan fingerprint density at radius 1 is 1.14 bits per heavy atom. The first kappa shape index (κ1) is 27.8. The maximum atomic E-state index is 13.7. The molecule has 0 N–H and O–H groups in total. The number of aromatic nitrogens is 4. The highest BCUT2D eigenvalue weighted by Gasteiger charge is 2.32. The molecule has 3 aromatic heterocycles. The van der Waals surface area contributed by atoms with Crippen LogP contribution in [-0.2, 0) is 0 Å². The van der Waals surface area contributed by atoms with E-state index in [4.69, 9.17) is 0 Å². The molecule has 0 radical (unpaired) electrons. The third kappa shape index (κ3) is 5.64. The van der Waals surface area contributed by atoms with Crippen LogP contribution in [0.5, 0.6) is 5.75 Å². The van der Waals surface area contributed by atoms with E-state index in [0.717, 1.165) is 11.9 Å². The second kappa shape index (κ2) is 11.8. The van der Waals surface area contributed by atoms with Crippen molar-refractivity contribution < 1.29 is 13.5 Å². The summed E-state index contributed by atoms with van der Waals surface area (Å²) in [5, 5.41) is 0.738. The van der Waals surface area contributed by atoms with Crippen LogP contribution in [0.25, 0.3) is 26.1 Å². The largest absolute Gasteiger partial charge is 0.429 e. The molecule has 0 atom stereocenters. The van der Waals surface area contributed by atoms with Gasteiger partial charge in [-0.1, -0.05) is 34.3 Å². The van der Waals surface area contributed by atoms with Gasteiger partial charge < -0.3 is 9.64 Å². The summed E-state index contributed by atoms with van der Waals surface area (Å²) in [6.45, 7) is 15.2. The Balaban J connectivity index is 0.00000103. The minimum atomic E-state index is -3.47. The first-order chi connectivity index (χ1) is 16.7. The predicted molar refractivity (Wildman–Crippen MR) is 140 cm³/mol. The van der Waals surface area contributed by atoms with Crippen LogP contribution in [0.3, 0.4) is 0 Å². The smallest absolute Gasteiger partial charge is 0.422 e. The normalized spacial score (nSPS) is 10.8. The van der Waals surface area contributed by atoms with Gasteiger partial charge in [0.05, 0.1) is 11.1 Å². The molecule has 1 aromatic carbocycles.